The van der Waals surface area contributed by atoms with Crippen molar-refractivity contribution in [2.45, 2.75) is 24.7 Å². The van der Waals surface area contributed by atoms with Crippen molar-refractivity contribution in [1.82, 2.24) is 4.90 Å². The molecule has 0 unspecified atom stereocenters. The first kappa shape index (κ1) is 16.4. The van der Waals surface area contributed by atoms with Crippen molar-refractivity contribution in [3.8, 4) is 0 Å². The van der Waals surface area contributed by atoms with E-state index in [1.165, 1.54) is 0 Å². The third-order valence-corrected chi connectivity index (χ3v) is 6.51. The van der Waals surface area contributed by atoms with E-state index in [2.05, 4.69) is 4.90 Å². The molecule has 0 spiro atoms. The van der Waals surface area contributed by atoms with E-state index in [0.717, 1.165) is 44.5 Å². The van der Waals surface area contributed by atoms with E-state index in [9.17, 15) is 4.79 Å². The van der Waals surface area contributed by atoms with Gasteiger partial charge in [0.1, 0.15) is 0 Å². The number of hydrogen-bond acceptors (Lipinski definition) is 3. The molecule has 1 aliphatic carbocycles. The predicted molar refractivity (Wildman–Crippen MR) is 92.2 cm³/mol. The van der Waals surface area contributed by atoms with Crippen LogP contribution in [0.5, 0.6) is 0 Å². The lowest BCUT2D eigenvalue weighted by molar-refractivity contribution is -0.140. The molecule has 0 radical (unpaired) electrons. The van der Waals surface area contributed by atoms with Gasteiger partial charge in [-0.1, -0.05) is 30.2 Å². The second kappa shape index (κ2) is 6.01. The highest BCUT2D eigenvalue weighted by Crippen LogP contribution is 2.48. The number of likely N-dealkylation sites (tertiary alicyclic amines) is 1. The number of methoxy groups -OCH3 is 1. The van der Waals surface area contributed by atoms with Crippen molar-refractivity contribution < 1.29 is 14.3 Å². The van der Waals surface area contributed by atoms with Crippen LogP contribution in [0.25, 0.3) is 0 Å². The first-order valence-corrected chi connectivity index (χ1v) is 9.10. The van der Waals surface area contributed by atoms with Crippen molar-refractivity contribution >= 4 is 17.5 Å². The fraction of sp³-hybridized carbons (Fsp3) is 0.632. The van der Waals surface area contributed by atoms with E-state index < -0.39 is 0 Å². The van der Waals surface area contributed by atoms with Crippen molar-refractivity contribution in [2.24, 2.45) is 11.3 Å². The van der Waals surface area contributed by atoms with Gasteiger partial charge in [-0.3, -0.25) is 4.79 Å². The average molecular weight is 350 g/mol. The monoisotopic (exact) mass is 349 g/mol. The Kier molecular flexibility index (Phi) is 4.10. The molecule has 2 saturated heterocycles. The zero-order chi connectivity index (χ0) is 16.8. The summed E-state index contributed by atoms with van der Waals surface area (Å²) in [4.78, 5) is 15.5. The Balaban J connectivity index is 1.58. The minimum Gasteiger partial charge on any atom is -0.384 e. The number of benzene rings is 1. The Morgan fingerprint density at radius 2 is 2.12 bits per heavy atom. The summed E-state index contributed by atoms with van der Waals surface area (Å²) in [6.45, 7) is 3.64. The number of amides is 1. The SMILES string of the molecule is COC[C@@]12COC[C@@H]1CN(C(=O)C1(c3ccc(Cl)cc3)CCC1)C2. The molecule has 0 bridgehead atoms. The molecule has 0 N–H and O–H groups in total. The van der Waals surface area contributed by atoms with Gasteiger partial charge in [0.05, 0.1) is 25.2 Å². The third-order valence-electron chi connectivity index (χ3n) is 6.25. The van der Waals surface area contributed by atoms with Crippen LogP contribution >= 0.6 is 11.6 Å². The number of halogens is 1. The molecule has 0 aromatic heterocycles. The number of carbonyl (C=O) groups excluding carboxylic acids is 1. The molecule has 1 amide bonds. The maximum atomic E-state index is 13.4. The smallest absolute Gasteiger partial charge is 0.233 e. The zero-order valence-electron chi connectivity index (χ0n) is 14.1. The average Bonchev–Trinajstić information content (AvgIpc) is 3.05. The highest BCUT2D eigenvalue weighted by Gasteiger charge is 2.56. The predicted octanol–water partition coefficient (Wildman–Crippen LogP) is 2.88. The Bertz CT molecular complexity index is 628. The van der Waals surface area contributed by atoms with Gasteiger partial charge in [-0.25, -0.2) is 0 Å². The van der Waals surface area contributed by atoms with Crippen molar-refractivity contribution in [3.05, 3.63) is 34.9 Å². The third kappa shape index (κ3) is 2.39. The summed E-state index contributed by atoms with van der Waals surface area (Å²) in [7, 11) is 1.73. The maximum absolute atomic E-state index is 13.4. The summed E-state index contributed by atoms with van der Waals surface area (Å²) in [5, 5.41) is 0.715. The lowest BCUT2D eigenvalue weighted by atomic mass is 9.63. The minimum atomic E-state index is -0.349. The molecule has 3 aliphatic rings. The molecular formula is C19H24ClNO3. The van der Waals surface area contributed by atoms with E-state index >= 15 is 0 Å². The van der Waals surface area contributed by atoms with Gasteiger partial charge in [-0.15, -0.1) is 0 Å². The maximum Gasteiger partial charge on any atom is 0.233 e. The van der Waals surface area contributed by atoms with Crippen molar-refractivity contribution in [1.29, 1.82) is 0 Å². The molecule has 1 aromatic rings. The first-order chi connectivity index (χ1) is 11.6. The lowest BCUT2D eigenvalue weighted by Crippen LogP contribution is -2.51. The molecule has 2 atom stereocenters. The summed E-state index contributed by atoms with van der Waals surface area (Å²) in [6, 6.07) is 7.82. The molecule has 4 nitrogen and oxygen atoms in total. The fourth-order valence-corrected chi connectivity index (χ4v) is 4.83. The van der Waals surface area contributed by atoms with Crippen LogP contribution in [0.15, 0.2) is 24.3 Å². The van der Waals surface area contributed by atoms with E-state index in [4.69, 9.17) is 21.1 Å². The van der Waals surface area contributed by atoms with E-state index in [-0.39, 0.29) is 16.7 Å². The number of nitrogens with zero attached hydrogens (tertiary/aromatic N) is 1. The highest BCUT2D eigenvalue weighted by molar-refractivity contribution is 6.30. The van der Waals surface area contributed by atoms with Crippen molar-refractivity contribution in [2.75, 3.05) is 40.0 Å². The standard InChI is InChI=1S/C19H24ClNO3/c1-23-12-18-11-21(9-15(18)10-24-13-18)17(22)19(7-2-8-19)14-3-5-16(20)6-4-14/h3-6,15H,2,7-13H2,1H3/t15-,18-/m0/s1. The van der Waals surface area contributed by atoms with E-state index in [0.29, 0.717) is 24.2 Å². The minimum absolute atomic E-state index is 0.0185. The lowest BCUT2D eigenvalue weighted by Gasteiger charge is -2.43. The molecule has 1 aromatic carbocycles. The highest BCUT2D eigenvalue weighted by atomic mass is 35.5. The van der Waals surface area contributed by atoms with Crippen LogP contribution in [0.1, 0.15) is 24.8 Å². The summed E-state index contributed by atoms with van der Waals surface area (Å²) < 4.78 is 11.1. The summed E-state index contributed by atoms with van der Waals surface area (Å²) in [5.41, 5.74) is 0.741. The van der Waals surface area contributed by atoms with Crippen LogP contribution in [0.3, 0.4) is 0 Å². The summed E-state index contributed by atoms with van der Waals surface area (Å²) in [6.07, 6.45) is 2.97. The van der Waals surface area contributed by atoms with E-state index in [1.54, 1.807) is 7.11 Å². The number of hydrogen-bond donors (Lipinski definition) is 0. The first-order valence-electron chi connectivity index (χ1n) is 8.72. The van der Waals surface area contributed by atoms with Gasteiger partial charge >= 0.3 is 0 Å². The van der Waals surface area contributed by atoms with Crippen LogP contribution in [-0.4, -0.2) is 50.8 Å². The molecule has 130 valence electrons. The molecule has 3 fully saturated rings. The topological polar surface area (TPSA) is 38.8 Å². The Hall–Kier alpha value is -1.10. The Morgan fingerprint density at radius 1 is 1.38 bits per heavy atom. The van der Waals surface area contributed by atoms with E-state index in [1.807, 2.05) is 24.3 Å². The second-order valence-electron chi connectivity index (χ2n) is 7.64. The van der Waals surface area contributed by atoms with Gasteiger partial charge in [-0.2, -0.15) is 0 Å². The quantitative estimate of drug-likeness (QED) is 0.839. The Morgan fingerprint density at radius 3 is 2.75 bits per heavy atom. The van der Waals surface area contributed by atoms with Gasteiger partial charge in [-0.05, 0) is 30.5 Å². The van der Waals surface area contributed by atoms with Crippen LogP contribution in [-0.2, 0) is 19.7 Å². The largest absolute Gasteiger partial charge is 0.384 e. The van der Waals surface area contributed by atoms with Crippen LogP contribution in [0.4, 0.5) is 0 Å². The fourth-order valence-electron chi connectivity index (χ4n) is 4.71. The van der Waals surface area contributed by atoms with Gasteiger partial charge in [0, 0.05) is 36.6 Å². The van der Waals surface area contributed by atoms with Gasteiger partial charge < -0.3 is 14.4 Å². The van der Waals surface area contributed by atoms with Gasteiger partial charge in [0.25, 0.3) is 0 Å². The summed E-state index contributed by atoms with van der Waals surface area (Å²) >= 11 is 6.02. The molecule has 4 rings (SSSR count). The number of fused-ring (bicyclic) bond motifs is 1. The molecule has 2 aliphatic heterocycles. The number of carbonyl (C=O) groups is 1. The normalized spacial score (nSPS) is 30.9. The molecule has 1 saturated carbocycles. The number of ether oxygens (including phenoxy) is 2. The zero-order valence-corrected chi connectivity index (χ0v) is 14.8. The summed E-state index contributed by atoms with van der Waals surface area (Å²) in [5.74, 6) is 0.671. The van der Waals surface area contributed by atoms with Crippen molar-refractivity contribution in [3.63, 3.8) is 0 Å². The second-order valence-corrected chi connectivity index (χ2v) is 8.07. The molecule has 2 heterocycles. The Labute approximate surface area is 148 Å². The van der Waals surface area contributed by atoms with Gasteiger partial charge in [0.2, 0.25) is 5.91 Å². The number of rotatable bonds is 4. The van der Waals surface area contributed by atoms with Crippen LogP contribution in [0, 0.1) is 11.3 Å². The molecule has 24 heavy (non-hydrogen) atoms. The van der Waals surface area contributed by atoms with Crippen LogP contribution < -0.4 is 0 Å². The van der Waals surface area contributed by atoms with Crippen LogP contribution in [0.2, 0.25) is 5.02 Å². The molecular weight excluding hydrogens is 326 g/mol. The molecule has 5 heteroatoms. The van der Waals surface area contributed by atoms with Gasteiger partial charge in [0.15, 0.2) is 0 Å².